The molecule has 6 heteroatoms. The van der Waals surface area contributed by atoms with Gasteiger partial charge in [-0.15, -0.1) is 0 Å². The van der Waals surface area contributed by atoms with Gasteiger partial charge in [-0.1, -0.05) is 0 Å². The quantitative estimate of drug-likeness (QED) is 0.879. The number of H-pyrrole nitrogens is 1. The molecule has 0 bridgehead atoms. The number of ether oxygens (including phenoxy) is 1. The molecule has 0 spiro atoms. The van der Waals surface area contributed by atoms with Crippen molar-refractivity contribution in [3.8, 4) is 0 Å². The number of hydrogen-bond donors (Lipinski definition) is 1. The molecule has 19 heavy (non-hydrogen) atoms. The maximum absolute atomic E-state index is 5.98. The molecule has 0 aliphatic carbocycles. The number of morpholine rings is 1. The van der Waals surface area contributed by atoms with Gasteiger partial charge in [-0.3, -0.25) is 10.1 Å². The van der Waals surface area contributed by atoms with Crippen molar-refractivity contribution in [1.29, 1.82) is 0 Å². The van der Waals surface area contributed by atoms with E-state index in [-0.39, 0.29) is 0 Å². The molecule has 1 aliphatic heterocycles. The Morgan fingerprint density at radius 2 is 2.26 bits per heavy atom. The molecule has 3 heterocycles. The Morgan fingerprint density at radius 1 is 1.37 bits per heavy atom. The summed E-state index contributed by atoms with van der Waals surface area (Å²) in [5, 5.41) is 7.14. The average molecular weight is 259 g/mol. The lowest BCUT2D eigenvalue weighted by atomic mass is 9.97. The van der Waals surface area contributed by atoms with Crippen molar-refractivity contribution in [1.82, 2.24) is 20.2 Å². The SMILES string of the molecule is Cc1cn[nH]c1C1(C)CN(c2cnccn2)CCO1. The fraction of sp³-hybridized carbons (Fsp3) is 0.462. The number of anilines is 1. The number of aryl methyl sites for hydroxylation is 1. The van der Waals surface area contributed by atoms with Crippen LogP contribution in [0.15, 0.2) is 24.8 Å². The second-order valence-corrected chi connectivity index (χ2v) is 4.99. The van der Waals surface area contributed by atoms with E-state index < -0.39 is 5.60 Å². The Morgan fingerprint density at radius 3 is 2.95 bits per heavy atom. The first-order valence-electron chi connectivity index (χ1n) is 6.34. The summed E-state index contributed by atoms with van der Waals surface area (Å²) in [6.45, 7) is 6.33. The van der Waals surface area contributed by atoms with Crippen LogP contribution in [0.4, 0.5) is 5.82 Å². The van der Waals surface area contributed by atoms with E-state index in [4.69, 9.17) is 4.74 Å². The lowest BCUT2D eigenvalue weighted by Crippen LogP contribution is -2.49. The van der Waals surface area contributed by atoms with Crippen molar-refractivity contribution in [2.75, 3.05) is 24.6 Å². The summed E-state index contributed by atoms with van der Waals surface area (Å²) in [5.41, 5.74) is 1.75. The lowest BCUT2D eigenvalue weighted by molar-refractivity contribution is -0.0502. The van der Waals surface area contributed by atoms with Gasteiger partial charge in [0, 0.05) is 18.9 Å². The molecule has 0 aromatic carbocycles. The van der Waals surface area contributed by atoms with Gasteiger partial charge in [0.1, 0.15) is 11.4 Å². The number of nitrogens with one attached hydrogen (secondary N) is 1. The highest BCUT2D eigenvalue weighted by Crippen LogP contribution is 2.31. The topological polar surface area (TPSA) is 66.9 Å². The molecule has 1 saturated heterocycles. The van der Waals surface area contributed by atoms with Gasteiger partial charge in [0.05, 0.1) is 31.2 Å². The molecule has 1 N–H and O–H groups in total. The number of aromatic nitrogens is 4. The number of hydrogen-bond acceptors (Lipinski definition) is 5. The number of nitrogens with zero attached hydrogens (tertiary/aromatic N) is 4. The summed E-state index contributed by atoms with van der Waals surface area (Å²) >= 11 is 0. The van der Waals surface area contributed by atoms with Gasteiger partial charge in [-0.25, -0.2) is 4.98 Å². The van der Waals surface area contributed by atoms with E-state index >= 15 is 0 Å². The minimum Gasteiger partial charge on any atom is -0.365 e. The molecule has 1 unspecified atom stereocenters. The Kier molecular flexibility index (Phi) is 2.94. The van der Waals surface area contributed by atoms with Crippen LogP contribution >= 0.6 is 0 Å². The zero-order valence-electron chi connectivity index (χ0n) is 11.1. The van der Waals surface area contributed by atoms with Crippen LogP contribution in [0, 0.1) is 6.92 Å². The van der Waals surface area contributed by atoms with E-state index in [2.05, 4.69) is 32.0 Å². The molecule has 1 atom stereocenters. The molecule has 2 aromatic rings. The van der Waals surface area contributed by atoms with Crippen LogP contribution in [0.1, 0.15) is 18.2 Å². The number of rotatable bonds is 2. The Bertz CT molecular complexity index is 555. The molecular formula is C13H17N5O. The van der Waals surface area contributed by atoms with Gasteiger partial charge in [-0.2, -0.15) is 5.10 Å². The minimum atomic E-state index is -0.393. The third-order valence-corrected chi connectivity index (χ3v) is 3.51. The van der Waals surface area contributed by atoms with E-state index in [1.165, 1.54) is 0 Å². The van der Waals surface area contributed by atoms with E-state index in [0.717, 1.165) is 30.2 Å². The van der Waals surface area contributed by atoms with E-state index in [1.54, 1.807) is 18.6 Å². The monoisotopic (exact) mass is 259 g/mol. The van der Waals surface area contributed by atoms with Crippen molar-refractivity contribution in [3.05, 3.63) is 36.0 Å². The summed E-state index contributed by atoms with van der Waals surface area (Å²) in [6, 6.07) is 0. The molecule has 1 fully saturated rings. The van der Waals surface area contributed by atoms with Crippen molar-refractivity contribution >= 4 is 5.82 Å². The van der Waals surface area contributed by atoms with E-state index in [1.807, 2.05) is 13.1 Å². The third kappa shape index (κ3) is 2.19. The summed E-state index contributed by atoms with van der Waals surface area (Å²) in [6.07, 6.45) is 7.00. The lowest BCUT2D eigenvalue weighted by Gasteiger charge is -2.40. The van der Waals surface area contributed by atoms with Crippen molar-refractivity contribution < 1.29 is 4.74 Å². The average Bonchev–Trinajstić information content (AvgIpc) is 2.87. The standard InChI is InChI=1S/C13H17N5O/c1-10-7-16-17-12(10)13(2)9-18(5-6-19-13)11-8-14-3-4-15-11/h3-4,7-8H,5-6,9H2,1-2H3,(H,16,17). The van der Waals surface area contributed by atoms with Gasteiger partial charge in [-0.05, 0) is 19.4 Å². The molecular weight excluding hydrogens is 242 g/mol. The van der Waals surface area contributed by atoms with Crippen LogP contribution in [-0.4, -0.2) is 39.9 Å². The highest BCUT2D eigenvalue weighted by atomic mass is 16.5. The maximum atomic E-state index is 5.98. The molecule has 6 nitrogen and oxygen atoms in total. The first kappa shape index (κ1) is 12.1. The fourth-order valence-corrected chi connectivity index (χ4v) is 2.55. The Hall–Kier alpha value is -1.95. The van der Waals surface area contributed by atoms with Gasteiger partial charge in [0.2, 0.25) is 0 Å². The summed E-state index contributed by atoms with van der Waals surface area (Å²) in [5.74, 6) is 0.884. The molecule has 100 valence electrons. The Balaban J connectivity index is 1.88. The molecule has 2 aromatic heterocycles. The first-order chi connectivity index (χ1) is 9.19. The molecule has 0 radical (unpaired) electrons. The van der Waals surface area contributed by atoms with E-state index in [0.29, 0.717) is 6.61 Å². The zero-order valence-corrected chi connectivity index (χ0v) is 11.1. The second-order valence-electron chi connectivity index (χ2n) is 4.99. The first-order valence-corrected chi connectivity index (χ1v) is 6.34. The summed E-state index contributed by atoms with van der Waals surface area (Å²) in [7, 11) is 0. The maximum Gasteiger partial charge on any atom is 0.147 e. The molecule has 3 rings (SSSR count). The molecule has 0 saturated carbocycles. The van der Waals surface area contributed by atoms with Crippen LogP contribution in [0.25, 0.3) is 0 Å². The predicted molar refractivity (Wildman–Crippen MR) is 70.9 cm³/mol. The largest absolute Gasteiger partial charge is 0.365 e. The highest BCUT2D eigenvalue weighted by Gasteiger charge is 2.36. The fourth-order valence-electron chi connectivity index (χ4n) is 2.55. The van der Waals surface area contributed by atoms with E-state index in [9.17, 15) is 0 Å². The van der Waals surface area contributed by atoms with Crippen LogP contribution in [-0.2, 0) is 10.3 Å². The smallest absolute Gasteiger partial charge is 0.147 e. The van der Waals surface area contributed by atoms with Crippen LogP contribution in [0.3, 0.4) is 0 Å². The normalized spacial score (nSPS) is 23.6. The third-order valence-electron chi connectivity index (χ3n) is 3.51. The van der Waals surface area contributed by atoms with Crippen molar-refractivity contribution in [3.63, 3.8) is 0 Å². The van der Waals surface area contributed by atoms with Crippen LogP contribution in [0.2, 0.25) is 0 Å². The number of aromatic amines is 1. The Labute approximate surface area is 111 Å². The van der Waals surface area contributed by atoms with Crippen LogP contribution < -0.4 is 4.90 Å². The second kappa shape index (κ2) is 4.62. The van der Waals surface area contributed by atoms with Gasteiger partial charge in [0.15, 0.2) is 0 Å². The molecule has 1 aliphatic rings. The van der Waals surface area contributed by atoms with Crippen molar-refractivity contribution in [2.45, 2.75) is 19.4 Å². The predicted octanol–water partition coefficient (Wildman–Crippen LogP) is 1.26. The minimum absolute atomic E-state index is 0.393. The molecule has 0 amide bonds. The highest BCUT2D eigenvalue weighted by molar-refractivity contribution is 5.38. The zero-order chi connectivity index (χ0) is 13.3. The van der Waals surface area contributed by atoms with Gasteiger partial charge < -0.3 is 9.64 Å². The summed E-state index contributed by atoms with van der Waals surface area (Å²) in [4.78, 5) is 10.7. The van der Waals surface area contributed by atoms with Crippen molar-refractivity contribution in [2.24, 2.45) is 0 Å². The summed E-state index contributed by atoms with van der Waals surface area (Å²) < 4.78 is 5.98. The van der Waals surface area contributed by atoms with Crippen LogP contribution in [0.5, 0.6) is 0 Å². The van der Waals surface area contributed by atoms with Gasteiger partial charge in [0.25, 0.3) is 0 Å². The van der Waals surface area contributed by atoms with Gasteiger partial charge >= 0.3 is 0 Å².